The van der Waals surface area contributed by atoms with Crippen molar-refractivity contribution in [1.82, 2.24) is 4.72 Å². The molecule has 108 valence electrons. The van der Waals surface area contributed by atoms with E-state index in [4.69, 9.17) is 0 Å². The molecule has 5 nitrogen and oxygen atoms in total. The van der Waals surface area contributed by atoms with Gasteiger partial charge in [0.15, 0.2) is 0 Å². The van der Waals surface area contributed by atoms with E-state index < -0.39 is 10.0 Å². The van der Waals surface area contributed by atoms with E-state index in [9.17, 15) is 8.42 Å². The molecular formula is C13H23N3O2S. The van der Waals surface area contributed by atoms with Gasteiger partial charge in [0.25, 0.3) is 0 Å². The van der Waals surface area contributed by atoms with Crippen LogP contribution in [-0.2, 0) is 10.0 Å². The van der Waals surface area contributed by atoms with Gasteiger partial charge in [-0.1, -0.05) is 0 Å². The largest absolute Gasteiger partial charge is 0.384 e. The van der Waals surface area contributed by atoms with Crippen LogP contribution in [0.25, 0.3) is 0 Å². The molecule has 0 aromatic heterocycles. The van der Waals surface area contributed by atoms with Gasteiger partial charge in [0.05, 0.1) is 6.26 Å². The molecule has 1 rings (SSSR count). The average Bonchev–Trinajstić information content (AvgIpc) is 2.37. The van der Waals surface area contributed by atoms with Crippen LogP contribution >= 0.6 is 0 Å². The monoisotopic (exact) mass is 285 g/mol. The smallest absolute Gasteiger partial charge is 0.208 e. The van der Waals surface area contributed by atoms with Crippen LogP contribution in [0.5, 0.6) is 0 Å². The van der Waals surface area contributed by atoms with Crippen LogP contribution in [-0.4, -0.2) is 40.9 Å². The van der Waals surface area contributed by atoms with Gasteiger partial charge in [0.2, 0.25) is 10.0 Å². The maximum Gasteiger partial charge on any atom is 0.208 e. The van der Waals surface area contributed by atoms with E-state index in [-0.39, 0.29) is 0 Å². The highest BCUT2D eigenvalue weighted by Crippen LogP contribution is 2.17. The predicted octanol–water partition coefficient (Wildman–Crippen LogP) is 1.49. The first-order chi connectivity index (χ1) is 8.96. The van der Waals surface area contributed by atoms with Crippen LogP contribution in [0.2, 0.25) is 0 Å². The molecule has 0 aliphatic carbocycles. The molecule has 0 aliphatic heterocycles. The molecule has 0 heterocycles. The molecule has 2 N–H and O–H groups in total. The predicted molar refractivity (Wildman–Crippen MR) is 81.3 cm³/mol. The number of benzene rings is 1. The van der Waals surface area contributed by atoms with Crippen LogP contribution in [0.3, 0.4) is 0 Å². The summed E-state index contributed by atoms with van der Waals surface area (Å²) in [6.07, 6.45) is 1.16. The highest BCUT2D eigenvalue weighted by molar-refractivity contribution is 7.88. The summed E-state index contributed by atoms with van der Waals surface area (Å²) in [6, 6.07) is 8.15. The SMILES string of the molecule is CCN(CC)c1ccc(NCCNS(C)(=O)=O)cc1. The molecule has 6 heteroatoms. The first-order valence-corrected chi connectivity index (χ1v) is 8.39. The molecule has 0 saturated heterocycles. The summed E-state index contributed by atoms with van der Waals surface area (Å²) < 4.78 is 24.2. The fourth-order valence-electron chi connectivity index (χ4n) is 1.82. The summed E-state index contributed by atoms with van der Waals surface area (Å²) in [5.74, 6) is 0. The van der Waals surface area contributed by atoms with E-state index in [1.54, 1.807) is 0 Å². The van der Waals surface area contributed by atoms with Crippen LogP contribution in [0.15, 0.2) is 24.3 Å². The standard InChI is InChI=1S/C13H23N3O2S/c1-4-16(5-2)13-8-6-12(7-9-13)14-10-11-15-19(3,17)18/h6-9,14-15H,4-5,10-11H2,1-3H3. The first kappa shape index (κ1) is 15.8. The van der Waals surface area contributed by atoms with Crippen molar-refractivity contribution in [1.29, 1.82) is 0 Å². The molecule has 0 radical (unpaired) electrons. The molecule has 1 aromatic carbocycles. The van der Waals surface area contributed by atoms with Crippen molar-refractivity contribution in [3.05, 3.63) is 24.3 Å². The number of nitrogens with one attached hydrogen (secondary N) is 2. The number of anilines is 2. The maximum absolute atomic E-state index is 10.9. The molecule has 1 aromatic rings. The summed E-state index contributed by atoms with van der Waals surface area (Å²) in [5.41, 5.74) is 2.19. The van der Waals surface area contributed by atoms with Gasteiger partial charge in [-0.2, -0.15) is 0 Å². The van der Waals surface area contributed by atoms with Gasteiger partial charge in [-0.15, -0.1) is 0 Å². The Morgan fingerprint density at radius 1 is 1.05 bits per heavy atom. The maximum atomic E-state index is 10.9. The summed E-state index contributed by atoms with van der Waals surface area (Å²) in [7, 11) is -3.10. The van der Waals surface area contributed by atoms with Gasteiger partial charge >= 0.3 is 0 Å². The summed E-state index contributed by atoms with van der Waals surface area (Å²) in [5, 5.41) is 3.17. The zero-order valence-electron chi connectivity index (χ0n) is 11.8. The van der Waals surface area contributed by atoms with Crippen molar-refractivity contribution >= 4 is 21.4 Å². The van der Waals surface area contributed by atoms with Crippen molar-refractivity contribution in [2.24, 2.45) is 0 Å². The molecule has 0 atom stereocenters. The minimum Gasteiger partial charge on any atom is -0.384 e. The second-order valence-electron chi connectivity index (χ2n) is 4.31. The minimum absolute atomic E-state index is 0.386. The van der Waals surface area contributed by atoms with Gasteiger partial charge in [-0.05, 0) is 38.1 Å². The normalized spacial score (nSPS) is 11.3. The molecule has 0 spiro atoms. The van der Waals surface area contributed by atoms with Gasteiger partial charge in [-0.25, -0.2) is 13.1 Å². The lowest BCUT2D eigenvalue weighted by Crippen LogP contribution is -2.27. The zero-order chi connectivity index (χ0) is 14.3. The van der Waals surface area contributed by atoms with Crippen LogP contribution in [0.4, 0.5) is 11.4 Å². The Labute approximate surface area is 116 Å². The third-order valence-electron chi connectivity index (χ3n) is 2.81. The summed E-state index contributed by atoms with van der Waals surface area (Å²) in [4.78, 5) is 2.27. The molecule has 0 fully saturated rings. The van der Waals surface area contributed by atoms with E-state index >= 15 is 0 Å². The molecule has 19 heavy (non-hydrogen) atoms. The minimum atomic E-state index is -3.10. The Bertz CT molecular complexity index is 467. The topological polar surface area (TPSA) is 61.4 Å². The van der Waals surface area contributed by atoms with E-state index in [1.165, 1.54) is 5.69 Å². The quantitative estimate of drug-likeness (QED) is 0.711. The molecule has 0 saturated carbocycles. The van der Waals surface area contributed by atoms with Crippen molar-refractivity contribution in [2.45, 2.75) is 13.8 Å². The Morgan fingerprint density at radius 2 is 1.63 bits per heavy atom. The second kappa shape index (κ2) is 7.35. The van der Waals surface area contributed by atoms with Crippen molar-refractivity contribution in [2.75, 3.05) is 42.7 Å². The molecule has 0 bridgehead atoms. The van der Waals surface area contributed by atoms with Gasteiger partial charge in [0.1, 0.15) is 0 Å². The summed E-state index contributed by atoms with van der Waals surface area (Å²) in [6.45, 7) is 7.19. The van der Waals surface area contributed by atoms with Gasteiger partial charge in [0, 0.05) is 37.6 Å². The molecular weight excluding hydrogens is 262 g/mol. The fourth-order valence-corrected chi connectivity index (χ4v) is 2.29. The molecule has 0 aliphatic rings. The molecule has 0 unspecified atom stereocenters. The van der Waals surface area contributed by atoms with Crippen molar-refractivity contribution < 1.29 is 8.42 Å². The third kappa shape index (κ3) is 5.94. The van der Waals surface area contributed by atoms with Crippen molar-refractivity contribution in [3.63, 3.8) is 0 Å². The fraction of sp³-hybridized carbons (Fsp3) is 0.538. The van der Waals surface area contributed by atoms with Crippen LogP contribution in [0.1, 0.15) is 13.8 Å². The summed E-state index contributed by atoms with van der Waals surface area (Å²) >= 11 is 0. The van der Waals surface area contributed by atoms with E-state index in [2.05, 4.69) is 40.9 Å². The van der Waals surface area contributed by atoms with E-state index in [1.807, 2.05) is 12.1 Å². The highest BCUT2D eigenvalue weighted by Gasteiger charge is 2.01. The lowest BCUT2D eigenvalue weighted by Gasteiger charge is -2.21. The highest BCUT2D eigenvalue weighted by atomic mass is 32.2. The van der Waals surface area contributed by atoms with Gasteiger partial charge < -0.3 is 10.2 Å². The van der Waals surface area contributed by atoms with Crippen molar-refractivity contribution in [3.8, 4) is 0 Å². The number of rotatable bonds is 8. The Balaban J connectivity index is 2.44. The van der Waals surface area contributed by atoms with Crippen LogP contribution < -0.4 is 14.9 Å². The van der Waals surface area contributed by atoms with Gasteiger partial charge in [-0.3, -0.25) is 0 Å². The second-order valence-corrected chi connectivity index (χ2v) is 6.15. The number of hydrogen-bond donors (Lipinski definition) is 2. The lowest BCUT2D eigenvalue weighted by molar-refractivity contribution is 0.589. The van der Waals surface area contributed by atoms with E-state index in [0.717, 1.165) is 25.0 Å². The Morgan fingerprint density at radius 3 is 2.11 bits per heavy atom. The van der Waals surface area contributed by atoms with E-state index in [0.29, 0.717) is 13.1 Å². The Kier molecular flexibility index (Phi) is 6.11. The zero-order valence-corrected chi connectivity index (χ0v) is 12.6. The third-order valence-corrected chi connectivity index (χ3v) is 3.54. The number of sulfonamides is 1. The Hall–Kier alpha value is -1.27. The molecule has 0 amide bonds. The van der Waals surface area contributed by atoms with Crippen LogP contribution in [0, 0.1) is 0 Å². The number of nitrogens with zero attached hydrogens (tertiary/aromatic N) is 1. The lowest BCUT2D eigenvalue weighted by atomic mass is 10.2. The average molecular weight is 285 g/mol. The first-order valence-electron chi connectivity index (χ1n) is 6.49. The number of hydrogen-bond acceptors (Lipinski definition) is 4.